The molecule has 6 heteroatoms. The fourth-order valence-corrected chi connectivity index (χ4v) is 1.23. The second-order valence-electron chi connectivity index (χ2n) is 2.40. The molecular formula is C7H6BrN5. The van der Waals surface area contributed by atoms with E-state index in [0.29, 0.717) is 11.5 Å². The first-order chi connectivity index (χ1) is 6.27. The molecule has 0 amide bonds. The van der Waals surface area contributed by atoms with Gasteiger partial charge in [0.1, 0.15) is 6.33 Å². The topological polar surface area (TPSA) is 69.6 Å². The molecule has 2 N–H and O–H groups in total. The lowest BCUT2D eigenvalue weighted by molar-refractivity contribution is 0.842. The van der Waals surface area contributed by atoms with Gasteiger partial charge < -0.3 is 5.73 Å². The number of nitrogens with two attached hydrogens (primary N) is 1. The summed E-state index contributed by atoms with van der Waals surface area (Å²) >= 11 is 3.29. The second kappa shape index (κ2) is 3.14. The molecule has 2 heterocycles. The predicted molar refractivity (Wildman–Crippen MR) is 51.3 cm³/mol. The first-order valence-electron chi connectivity index (χ1n) is 3.53. The molecule has 0 saturated heterocycles. The van der Waals surface area contributed by atoms with E-state index in [1.54, 1.807) is 17.1 Å². The van der Waals surface area contributed by atoms with Crippen molar-refractivity contribution in [2.24, 2.45) is 0 Å². The van der Waals surface area contributed by atoms with Crippen molar-refractivity contribution in [3.05, 3.63) is 29.4 Å². The van der Waals surface area contributed by atoms with Crippen molar-refractivity contribution < 1.29 is 0 Å². The fourth-order valence-electron chi connectivity index (χ4n) is 0.942. The molecule has 2 rings (SSSR count). The summed E-state index contributed by atoms with van der Waals surface area (Å²) in [5.41, 5.74) is 6.16. The van der Waals surface area contributed by atoms with Crippen LogP contribution in [0.4, 0.5) is 5.69 Å². The zero-order valence-electron chi connectivity index (χ0n) is 6.55. The van der Waals surface area contributed by atoms with Gasteiger partial charge in [-0.25, -0.2) is 14.6 Å². The van der Waals surface area contributed by atoms with Gasteiger partial charge in [-0.2, -0.15) is 5.10 Å². The van der Waals surface area contributed by atoms with Gasteiger partial charge in [-0.15, -0.1) is 0 Å². The summed E-state index contributed by atoms with van der Waals surface area (Å²) in [6, 6.07) is 0. The molecule has 2 aromatic rings. The molecule has 0 spiro atoms. The van der Waals surface area contributed by atoms with Gasteiger partial charge in [0.05, 0.1) is 22.6 Å². The molecule has 0 radical (unpaired) electrons. The number of hydrogen-bond donors (Lipinski definition) is 1. The average Bonchev–Trinajstić information content (AvgIpc) is 2.53. The van der Waals surface area contributed by atoms with E-state index in [1.807, 2.05) is 0 Å². The predicted octanol–water partition coefficient (Wildman–Crippen LogP) is 1.01. The smallest absolute Gasteiger partial charge is 0.179 e. The van der Waals surface area contributed by atoms with Gasteiger partial charge in [0, 0.05) is 6.20 Å². The summed E-state index contributed by atoms with van der Waals surface area (Å²) in [6.45, 7) is 0. The molecule has 0 unspecified atom stereocenters. The Kier molecular flexibility index (Phi) is 1.97. The summed E-state index contributed by atoms with van der Waals surface area (Å²) in [7, 11) is 0. The maximum absolute atomic E-state index is 5.66. The first-order valence-corrected chi connectivity index (χ1v) is 4.32. The van der Waals surface area contributed by atoms with Crippen LogP contribution in [0, 0.1) is 0 Å². The quantitative estimate of drug-likeness (QED) is 0.807. The molecule has 5 nitrogen and oxygen atoms in total. The summed E-state index contributed by atoms with van der Waals surface area (Å²) in [5.74, 6) is 0.584. The Bertz CT molecular complexity index is 424. The molecule has 0 atom stereocenters. The van der Waals surface area contributed by atoms with E-state index in [9.17, 15) is 0 Å². The summed E-state index contributed by atoms with van der Waals surface area (Å²) in [4.78, 5) is 7.79. The molecular weight excluding hydrogens is 234 g/mol. The third-order valence-corrected chi connectivity index (χ3v) is 1.90. The van der Waals surface area contributed by atoms with Gasteiger partial charge in [-0.3, -0.25) is 0 Å². The maximum Gasteiger partial charge on any atom is 0.179 e. The van der Waals surface area contributed by atoms with Crippen molar-refractivity contribution in [2.45, 2.75) is 0 Å². The second-order valence-corrected chi connectivity index (χ2v) is 3.32. The largest absolute Gasteiger partial charge is 0.394 e. The Labute approximate surface area is 82.7 Å². The van der Waals surface area contributed by atoms with Gasteiger partial charge in [-0.1, -0.05) is 0 Å². The lowest BCUT2D eigenvalue weighted by Crippen LogP contribution is -2.03. The Morgan fingerprint density at radius 2 is 2.23 bits per heavy atom. The highest BCUT2D eigenvalue weighted by molar-refractivity contribution is 9.10. The number of halogens is 1. The molecule has 0 saturated carbocycles. The Balaban J connectivity index is 2.52. The van der Waals surface area contributed by atoms with Crippen LogP contribution in [-0.4, -0.2) is 19.7 Å². The van der Waals surface area contributed by atoms with Crippen molar-refractivity contribution in [1.29, 1.82) is 0 Å². The van der Waals surface area contributed by atoms with Crippen LogP contribution in [0.2, 0.25) is 0 Å². The Morgan fingerprint density at radius 1 is 1.38 bits per heavy atom. The summed E-state index contributed by atoms with van der Waals surface area (Å²) < 4.78 is 2.46. The number of nitrogen functional groups attached to an aromatic ring is 1. The van der Waals surface area contributed by atoms with Gasteiger partial charge >= 0.3 is 0 Å². The van der Waals surface area contributed by atoms with Crippen LogP contribution in [0.15, 0.2) is 29.4 Å². The lowest BCUT2D eigenvalue weighted by Gasteiger charge is -2.01. The van der Waals surface area contributed by atoms with E-state index >= 15 is 0 Å². The highest BCUT2D eigenvalue weighted by Gasteiger charge is 2.03. The highest BCUT2D eigenvalue weighted by Crippen LogP contribution is 2.14. The zero-order valence-corrected chi connectivity index (χ0v) is 8.14. The fraction of sp³-hybridized carbons (Fsp3) is 0. The molecule has 0 fully saturated rings. The molecule has 0 aliphatic heterocycles. The monoisotopic (exact) mass is 239 g/mol. The van der Waals surface area contributed by atoms with E-state index in [2.05, 4.69) is 31.0 Å². The van der Waals surface area contributed by atoms with Crippen molar-refractivity contribution in [3.8, 4) is 5.82 Å². The van der Waals surface area contributed by atoms with Gasteiger partial charge in [0.15, 0.2) is 5.82 Å². The minimum atomic E-state index is 0.498. The van der Waals surface area contributed by atoms with Crippen molar-refractivity contribution in [3.63, 3.8) is 0 Å². The maximum atomic E-state index is 5.66. The summed E-state index contributed by atoms with van der Waals surface area (Å²) in [5, 5.41) is 4.05. The number of hydrogen-bond acceptors (Lipinski definition) is 4. The minimum Gasteiger partial charge on any atom is -0.394 e. The van der Waals surface area contributed by atoms with E-state index in [-0.39, 0.29) is 0 Å². The number of aromatic nitrogens is 4. The Morgan fingerprint density at radius 3 is 2.85 bits per heavy atom. The highest BCUT2D eigenvalue weighted by atomic mass is 79.9. The number of anilines is 1. The molecule has 13 heavy (non-hydrogen) atoms. The molecule has 2 aromatic heterocycles. The van der Waals surface area contributed by atoms with Crippen LogP contribution in [0.3, 0.4) is 0 Å². The van der Waals surface area contributed by atoms with Crippen LogP contribution in [0.1, 0.15) is 0 Å². The third kappa shape index (κ3) is 1.52. The van der Waals surface area contributed by atoms with Crippen LogP contribution in [0.25, 0.3) is 5.82 Å². The molecule has 0 aliphatic rings. The van der Waals surface area contributed by atoms with Crippen LogP contribution in [-0.2, 0) is 0 Å². The van der Waals surface area contributed by atoms with Crippen molar-refractivity contribution >= 4 is 21.6 Å². The van der Waals surface area contributed by atoms with E-state index in [1.165, 1.54) is 12.5 Å². The standard InChI is InChI=1S/C7H6BrN5/c8-5-1-12-13(3-5)7-6(9)2-10-4-11-7/h1-4H,9H2. The van der Waals surface area contributed by atoms with Crippen molar-refractivity contribution in [2.75, 3.05) is 5.73 Å². The molecule has 0 bridgehead atoms. The van der Waals surface area contributed by atoms with E-state index < -0.39 is 0 Å². The van der Waals surface area contributed by atoms with E-state index in [4.69, 9.17) is 5.73 Å². The lowest BCUT2D eigenvalue weighted by atomic mass is 10.5. The van der Waals surface area contributed by atoms with Crippen LogP contribution in [0.5, 0.6) is 0 Å². The molecule has 0 aromatic carbocycles. The van der Waals surface area contributed by atoms with Gasteiger partial charge in [-0.05, 0) is 15.9 Å². The minimum absolute atomic E-state index is 0.498. The normalized spacial score (nSPS) is 10.2. The third-order valence-electron chi connectivity index (χ3n) is 1.49. The number of nitrogens with zero attached hydrogens (tertiary/aromatic N) is 4. The molecule has 66 valence electrons. The van der Waals surface area contributed by atoms with Gasteiger partial charge in [0.25, 0.3) is 0 Å². The first kappa shape index (κ1) is 8.18. The number of rotatable bonds is 1. The molecule has 0 aliphatic carbocycles. The van der Waals surface area contributed by atoms with Gasteiger partial charge in [0.2, 0.25) is 0 Å². The SMILES string of the molecule is Nc1cncnc1-n1cc(Br)cn1. The zero-order chi connectivity index (χ0) is 9.26. The van der Waals surface area contributed by atoms with E-state index in [0.717, 1.165) is 4.47 Å². The Hall–Kier alpha value is -1.43. The van der Waals surface area contributed by atoms with Crippen LogP contribution >= 0.6 is 15.9 Å². The van der Waals surface area contributed by atoms with Crippen LogP contribution < -0.4 is 5.73 Å². The van der Waals surface area contributed by atoms with Crippen molar-refractivity contribution in [1.82, 2.24) is 19.7 Å². The average molecular weight is 240 g/mol. The summed E-state index contributed by atoms with van der Waals surface area (Å²) in [6.07, 6.45) is 6.42.